The number of allylic oxidation sites excluding steroid dienone is 1. The fourth-order valence-electron chi connectivity index (χ4n) is 1.75. The molecule has 4 nitrogen and oxygen atoms in total. The lowest BCUT2D eigenvalue weighted by atomic mass is 10.2. The molecule has 0 aliphatic rings. The molecular formula is C16H16O4. The van der Waals surface area contributed by atoms with Crippen LogP contribution in [0.5, 0.6) is 11.5 Å². The molecule has 0 atom stereocenters. The topological polar surface area (TPSA) is 48.7 Å². The van der Waals surface area contributed by atoms with Crippen molar-refractivity contribution in [2.75, 3.05) is 13.7 Å². The molecule has 1 aromatic carbocycles. The van der Waals surface area contributed by atoms with E-state index in [0.717, 1.165) is 5.56 Å². The van der Waals surface area contributed by atoms with Crippen LogP contribution < -0.4 is 9.47 Å². The first kappa shape index (κ1) is 13.9. The van der Waals surface area contributed by atoms with Crippen molar-refractivity contribution in [1.82, 2.24) is 0 Å². The van der Waals surface area contributed by atoms with Crippen molar-refractivity contribution < 1.29 is 18.7 Å². The number of carbonyl (C=O) groups excluding carboxylic acids is 1. The maximum atomic E-state index is 11.8. The van der Waals surface area contributed by atoms with Crippen molar-refractivity contribution in [2.24, 2.45) is 0 Å². The van der Waals surface area contributed by atoms with E-state index in [4.69, 9.17) is 13.9 Å². The summed E-state index contributed by atoms with van der Waals surface area (Å²) in [6, 6.07) is 8.81. The fraction of sp³-hybridized carbons (Fsp3) is 0.188. The first-order valence-electron chi connectivity index (χ1n) is 6.25. The van der Waals surface area contributed by atoms with E-state index in [9.17, 15) is 4.79 Å². The monoisotopic (exact) mass is 272 g/mol. The number of ketones is 1. The van der Waals surface area contributed by atoms with E-state index in [1.54, 1.807) is 25.3 Å². The molecule has 0 saturated carbocycles. The van der Waals surface area contributed by atoms with Crippen LogP contribution in [0.4, 0.5) is 0 Å². The summed E-state index contributed by atoms with van der Waals surface area (Å²) in [4.78, 5) is 11.8. The zero-order valence-electron chi connectivity index (χ0n) is 11.5. The molecule has 2 rings (SSSR count). The smallest absolute Gasteiger partial charge is 0.235 e. The number of rotatable bonds is 6. The van der Waals surface area contributed by atoms with Gasteiger partial charge in [0.2, 0.25) is 5.78 Å². The van der Waals surface area contributed by atoms with Crippen LogP contribution in [0.15, 0.2) is 47.1 Å². The summed E-state index contributed by atoms with van der Waals surface area (Å²) in [5.41, 5.74) is 1.01. The molecule has 20 heavy (non-hydrogen) atoms. The van der Waals surface area contributed by atoms with Crippen molar-refractivity contribution in [1.29, 1.82) is 0 Å². The third-order valence-electron chi connectivity index (χ3n) is 2.70. The normalized spacial score (nSPS) is 10.7. The molecule has 0 saturated heterocycles. The molecule has 4 heteroatoms. The quantitative estimate of drug-likeness (QED) is 0.754. The Morgan fingerprint density at radius 2 is 2.15 bits per heavy atom. The Hall–Kier alpha value is -2.49. The van der Waals surface area contributed by atoms with Crippen LogP contribution in [-0.4, -0.2) is 19.5 Å². The number of Topliss-reactive ketones (excluding diaryl/α,β-unsaturated/α-hetero) is 1. The number of benzene rings is 1. The van der Waals surface area contributed by atoms with E-state index in [2.05, 4.69) is 0 Å². The minimum absolute atomic E-state index is 0.0904. The van der Waals surface area contributed by atoms with Crippen molar-refractivity contribution in [3.8, 4) is 11.5 Å². The predicted octanol–water partition coefficient (Wildman–Crippen LogP) is 3.58. The highest BCUT2D eigenvalue weighted by atomic mass is 16.5. The summed E-state index contributed by atoms with van der Waals surface area (Å²) in [5, 5.41) is 0. The van der Waals surface area contributed by atoms with Crippen LogP contribution >= 0.6 is 0 Å². The van der Waals surface area contributed by atoms with E-state index < -0.39 is 0 Å². The highest BCUT2D eigenvalue weighted by molar-refractivity contribution is 5.94. The Balaban J connectivity index is 2.07. The summed E-state index contributed by atoms with van der Waals surface area (Å²) in [5.74, 6) is 1.19. The van der Waals surface area contributed by atoms with Crippen LogP contribution in [0.1, 0.15) is 23.0 Å². The lowest BCUT2D eigenvalue weighted by Crippen LogP contribution is -2.11. The lowest BCUT2D eigenvalue weighted by Gasteiger charge is -2.10. The molecule has 0 aliphatic heterocycles. The highest BCUT2D eigenvalue weighted by Gasteiger charge is 2.11. The second kappa shape index (κ2) is 6.61. The van der Waals surface area contributed by atoms with E-state index in [-0.39, 0.29) is 18.2 Å². The summed E-state index contributed by atoms with van der Waals surface area (Å²) in [6.45, 7) is 1.85. The second-order valence-corrected chi connectivity index (χ2v) is 4.10. The highest BCUT2D eigenvalue weighted by Crippen LogP contribution is 2.28. The maximum Gasteiger partial charge on any atom is 0.235 e. The molecule has 0 N–H and O–H groups in total. The van der Waals surface area contributed by atoms with Crippen LogP contribution in [0, 0.1) is 0 Å². The van der Waals surface area contributed by atoms with E-state index in [1.807, 2.05) is 31.2 Å². The predicted molar refractivity (Wildman–Crippen MR) is 76.2 cm³/mol. The lowest BCUT2D eigenvalue weighted by molar-refractivity contribution is 0.0891. The summed E-state index contributed by atoms with van der Waals surface area (Å²) < 4.78 is 15.8. The molecule has 104 valence electrons. The Labute approximate surface area is 117 Å². The third kappa shape index (κ3) is 3.29. The molecule has 0 spiro atoms. The number of hydrogen-bond acceptors (Lipinski definition) is 4. The minimum Gasteiger partial charge on any atom is -0.493 e. The first-order chi connectivity index (χ1) is 9.74. The largest absolute Gasteiger partial charge is 0.493 e. The number of furan rings is 1. The Kier molecular flexibility index (Phi) is 4.60. The van der Waals surface area contributed by atoms with Gasteiger partial charge in [0.15, 0.2) is 23.9 Å². The Bertz CT molecular complexity index is 597. The molecule has 0 aliphatic carbocycles. The molecular weight excluding hydrogens is 256 g/mol. The third-order valence-corrected chi connectivity index (χ3v) is 2.70. The number of carbonyl (C=O) groups is 1. The van der Waals surface area contributed by atoms with Gasteiger partial charge in [0, 0.05) is 0 Å². The van der Waals surface area contributed by atoms with E-state index in [1.165, 1.54) is 6.26 Å². The minimum atomic E-state index is -0.213. The van der Waals surface area contributed by atoms with Gasteiger partial charge in [0.25, 0.3) is 0 Å². The summed E-state index contributed by atoms with van der Waals surface area (Å²) >= 11 is 0. The van der Waals surface area contributed by atoms with Crippen molar-refractivity contribution >= 4 is 11.9 Å². The summed E-state index contributed by atoms with van der Waals surface area (Å²) in [7, 11) is 1.57. The van der Waals surface area contributed by atoms with Gasteiger partial charge in [-0.25, -0.2) is 0 Å². The van der Waals surface area contributed by atoms with Crippen molar-refractivity contribution in [3.05, 3.63) is 54.0 Å². The van der Waals surface area contributed by atoms with Gasteiger partial charge in [0.05, 0.1) is 13.4 Å². The summed E-state index contributed by atoms with van der Waals surface area (Å²) in [6.07, 6.45) is 5.36. The average Bonchev–Trinajstić information content (AvgIpc) is 3.00. The van der Waals surface area contributed by atoms with Crippen LogP contribution in [0.2, 0.25) is 0 Å². The first-order valence-corrected chi connectivity index (χ1v) is 6.25. The molecule has 0 amide bonds. The van der Waals surface area contributed by atoms with Gasteiger partial charge in [-0.1, -0.05) is 18.2 Å². The van der Waals surface area contributed by atoms with Gasteiger partial charge in [-0.3, -0.25) is 4.79 Å². The Morgan fingerprint density at radius 3 is 2.80 bits per heavy atom. The SMILES string of the molecule is CC=Cc1ccc(OCC(=O)c2ccco2)c(OC)c1. The maximum absolute atomic E-state index is 11.8. The molecule has 0 unspecified atom stereocenters. The van der Waals surface area contributed by atoms with E-state index >= 15 is 0 Å². The average molecular weight is 272 g/mol. The fourth-order valence-corrected chi connectivity index (χ4v) is 1.75. The Morgan fingerprint density at radius 1 is 1.30 bits per heavy atom. The van der Waals surface area contributed by atoms with Gasteiger partial charge in [-0.05, 0) is 36.8 Å². The van der Waals surface area contributed by atoms with Gasteiger partial charge >= 0.3 is 0 Å². The van der Waals surface area contributed by atoms with Crippen molar-refractivity contribution in [3.63, 3.8) is 0 Å². The molecule has 1 heterocycles. The number of ether oxygens (including phenoxy) is 2. The number of hydrogen-bond donors (Lipinski definition) is 0. The standard InChI is InChI=1S/C16H16O4/c1-3-5-12-7-8-15(16(10-12)18-2)20-11-13(17)14-6-4-9-19-14/h3-10H,11H2,1-2H3. The molecule has 0 bridgehead atoms. The van der Waals surface area contributed by atoms with Crippen molar-refractivity contribution in [2.45, 2.75) is 6.92 Å². The van der Waals surface area contributed by atoms with Gasteiger partial charge in [0.1, 0.15) is 0 Å². The van der Waals surface area contributed by atoms with E-state index in [0.29, 0.717) is 11.5 Å². The molecule has 0 radical (unpaired) electrons. The van der Waals surface area contributed by atoms with Crippen LogP contribution in [0.3, 0.4) is 0 Å². The molecule has 1 aromatic heterocycles. The van der Waals surface area contributed by atoms with Crippen LogP contribution in [-0.2, 0) is 0 Å². The zero-order valence-corrected chi connectivity index (χ0v) is 11.5. The van der Waals surface area contributed by atoms with Gasteiger partial charge < -0.3 is 13.9 Å². The number of methoxy groups -OCH3 is 1. The zero-order chi connectivity index (χ0) is 14.4. The van der Waals surface area contributed by atoms with Gasteiger partial charge in [-0.2, -0.15) is 0 Å². The van der Waals surface area contributed by atoms with Gasteiger partial charge in [-0.15, -0.1) is 0 Å². The second-order valence-electron chi connectivity index (χ2n) is 4.10. The molecule has 0 fully saturated rings. The molecule has 2 aromatic rings. The van der Waals surface area contributed by atoms with Crippen LogP contribution in [0.25, 0.3) is 6.08 Å².